The van der Waals surface area contributed by atoms with Crippen LogP contribution in [-0.4, -0.2) is 83.7 Å². The summed E-state index contributed by atoms with van der Waals surface area (Å²) in [6.45, 7) is -0.372. The second-order valence-corrected chi connectivity index (χ2v) is 11.0. The zero-order valence-electron chi connectivity index (χ0n) is 26.4. The fourth-order valence-corrected chi connectivity index (χ4v) is 5.41. The Kier molecular flexibility index (Phi) is 9.82. The molecule has 6 rings (SSSR count). The van der Waals surface area contributed by atoms with Gasteiger partial charge in [0.25, 0.3) is 0 Å². The topological polar surface area (TPSA) is 162 Å². The van der Waals surface area contributed by atoms with Crippen molar-refractivity contribution >= 4 is 41.3 Å². The molecule has 1 N–H and O–H groups in total. The van der Waals surface area contributed by atoms with Crippen LogP contribution in [0.2, 0.25) is 0 Å². The molecule has 1 saturated heterocycles. The van der Waals surface area contributed by atoms with Gasteiger partial charge >= 0.3 is 17.9 Å². The predicted molar refractivity (Wildman–Crippen MR) is 174 cm³/mol. The monoisotopic (exact) mass is 686 g/mol. The first kappa shape index (κ1) is 33.1. The van der Waals surface area contributed by atoms with Crippen LogP contribution < -0.4 is 14.2 Å². The highest BCUT2D eigenvalue weighted by atomic mass is 32.1. The van der Waals surface area contributed by atoms with E-state index in [0.717, 1.165) is 0 Å². The SMILES string of the molecule is COc1ccc(C(=O)OC[C@H]2O[C@@H](n3cnc4c(=S)nc[nH]c43)[C@@H](OC(=O)c3ccc(OC)cc3)[C@@H]2OC(=O)c2ccc(OC)cc2)cc1. The van der Waals surface area contributed by atoms with Gasteiger partial charge in [0, 0.05) is 0 Å². The summed E-state index contributed by atoms with van der Waals surface area (Å²) in [5.41, 5.74) is 1.43. The van der Waals surface area contributed by atoms with Gasteiger partial charge in [-0.3, -0.25) is 4.57 Å². The number of hydrogen-bond donors (Lipinski definition) is 1. The van der Waals surface area contributed by atoms with Gasteiger partial charge < -0.3 is 38.1 Å². The van der Waals surface area contributed by atoms with E-state index in [1.54, 1.807) is 53.1 Å². The summed E-state index contributed by atoms with van der Waals surface area (Å²) in [5.74, 6) is -0.501. The number of fused-ring (bicyclic) bond motifs is 1. The lowest BCUT2D eigenvalue weighted by atomic mass is 10.1. The maximum absolute atomic E-state index is 13.6. The molecule has 1 aliphatic rings. The highest BCUT2D eigenvalue weighted by molar-refractivity contribution is 7.71. The number of rotatable bonds is 11. The summed E-state index contributed by atoms with van der Waals surface area (Å²) < 4.78 is 41.5. The number of nitrogens with zero attached hydrogens (tertiary/aromatic N) is 3. The van der Waals surface area contributed by atoms with E-state index in [-0.39, 0.29) is 27.9 Å². The van der Waals surface area contributed by atoms with Gasteiger partial charge in [-0.2, -0.15) is 0 Å². The number of H-pyrrole nitrogens is 1. The Hall–Kier alpha value is -5.80. The number of carbonyl (C=O) groups excluding carboxylic acids is 3. The highest BCUT2D eigenvalue weighted by Crippen LogP contribution is 2.37. The fourth-order valence-electron chi connectivity index (χ4n) is 5.21. The molecule has 0 aliphatic carbocycles. The van der Waals surface area contributed by atoms with Crippen molar-refractivity contribution in [1.82, 2.24) is 19.5 Å². The fraction of sp³-hybridized carbons (Fsp3) is 0.235. The zero-order valence-corrected chi connectivity index (χ0v) is 27.2. The maximum atomic E-state index is 13.6. The van der Waals surface area contributed by atoms with Crippen molar-refractivity contribution in [2.24, 2.45) is 0 Å². The average molecular weight is 687 g/mol. The number of aromatic nitrogens is 4. The molecule has 15 heteroatoms. The molecular weight excluding hydrogens is 656 g/mol. The van der Waals surface area contributed by atoms with Crippen LogP contribution in [0.15, 0.2) is 85.5 Å². The molecule has 1 aliphatic heterocycles. The van der Waals surface area contributed by atoms with Crippen LogP contribution in [0.5, 0.6) is 17.2 Å². The summed E-state index contributed by atoms with van der Waals surface area (Å²) in [6, 6.07) is 18.9. The van der Waals surface area contributed by atoms with E-state index >= 15 is 0 Å². The first-order valence-electron chi connectivity index (χ1n) is 14.9. The molecule has 49 heavy (non-hydrogen) atoms. The second-order valence-electron chi connectivity index (χ2n) is 10.6. The molecule has 0 radical (unpaired) electrons. The minimum absolute atomic E-state index is 0.196. The van der Waals surface area contributed by atoms with Crippen LogP contribution >= 0.6 is 12.2 Å². The van der Waals surface area contributed by atoms with Gasteiger partial charge in [-0.25, -0.2) is 24.4 Å². The molecule has 0 spiro atoms. The molecule has 252 valence electrons. The van der Waals surface area contributed by atoms with Crippen LogP contribution in [0.25, 0.3) is 11.2 Å². The molecule has 1 fully saturated rings. The predicted octanol–water partition coefficient (Wildman–Crippen LogP) is 4.72. The largest absolute Gasteiger partial charge is 0.497 e. The number of imidazole rings is 1. The van der Waals surface area contributed by atoms with Crippen molar-refractivity contribution in [2.75, 3.05) is 27.9 Å². The van der Waals surface area contributed by atoms with Crippen molar-refractivity contribution in [3.05, 3.63) is 107 Å². The van der Waals surface area contributed by atoms with E-state index in [1.807, 2.05) is 0 Å². The average Bonchev–Trinajstić information content (AvgIpc) is 3.72. The number of esters is 3. The second kappa shape index (κ2) is 14.5. The third-order valence-corrected chi connectivity index (χ3v) is 8.08. The van der Waals surface area contributed by atoms with Crippen molar-refractivity contribution in [2.45, 2.75) is 24.5 Å². The van der Waals surface area contributed by atoms with Crippen molar-refractivity contribution in [3.8, 4) is 17.2 Å². The molecule has 4 atom stereocenters. The number of nitrogens with one attached hydrogen (secondary N) is 1. The van der Waals surface area contributed by atoms with E-state index in [2.05, 4.69) is 15.0 Å². The van der Waals surface area contributed by atoms with E-state index in [0.29, 0.717) is 28.4 Å². The number of aromatic amines is 1. The normalized spacial score (nSPS) is 18.4. The van der Waals surface area contributed by atoms with Crippen LogP contribution in [-0.2, 0) is 18.9 Å². The number of hydrogen-bond acceptors (Lipinski definition) is 13. The van der Waals surface area contributed by atoms with Gasteiger partial charge in [-0.1, -0.05) is 12.2 Å². The van der Waals surface area contributed by atoms with E-state index in [1.165, 1.54) is 58.2 Å². The minimum Gasteiger partial charge on any atom is -0.497 e. The summed E-state index contributed by atoms with van der Waals surface area (Å²) >= 11 is 5.35. The number of methoxy groups -OCH3 is 3. The Morgan fingerprint density at radius 2 is 1.22 bits per heavy atom. The van der Waals surface area contributed by atoms with Gasteiger partial charge in [0.15, 0.2) is 23.1 Å². The molecule has 0 bridgehead atoms. The molecule has 14 nitrogen and oxygen atoms in total. The van der Waals surface area contributed by atoms with Gasteiger partial charge in [0.1, 0.15) is 41.1 Å². The molecule has 3 heterocycles. The molecule has 0 unspecified atom stereocenters. The maximum Gasteiger partial charge on any atom is 0.338 e. The summed E-state index contributed by atoms with van der Waals surface area (Å²) in [6.07, 6.45) is -1.94. The molecule has 0 saturated carbocycles. The van der Waals surface area contributed by atoms with Crippen LogP contribution in [0.4, 0.5) is 0 Å². The van der Waals surface area contributed by atoms with Crippen LogP contribution in [0.3, 0.4) is 0 Å². The molecule has 5 aromatic rings. The standard InChI is InChI=1S/C34H30N4O10S/c1-42-22-10-4-19(5-11-22)32(39)45-16-25-27(47-33(40)20-6-12-23(43-2)13-7-20)28(48-34(41)21-8-14-24(44-3)15-9-21)31(46-25)38-18-37-26-29(38)35-17-36-30(26)49/h4-15,17-18,25,27-28,31H,16H2,1-3H3,(H,35,36,49)/t25-,27-,28+,31-/m1/s1. The highest BCUT2D eigenvalue weighted by Gasteiger charge is 2.51. The van der Waals surface area contributed by atoms with E-state index in [4.69, 9.17) is 45.4 Å². The smallest absolute Gasteiger partial charge is 0.338 e. The zero-order chi connectivity index (χ0) is 34.5. The van der Waals surface area contributed by atoms with Crippen LogP contribution in [0.1, 0.15) is 37.3 Å². The van der Waals surface area contributed by atoms with Crippen molar-refractivity contribution < 1.29 is 47.5 Å². The lowest BCUT2D eigenvalue weighted by molar-refractivity contribution is -0.0606. The van der Waals surface area contributed by atoms with E-state index in [9.17, 15) is 14.4 Å². The number of ether oxygens (including phenoxy) is 7. The summed E-state index contributed by atoms with van der Waals surface area (Å²) in [7, 11) is 4.53. The summed E-state index contributed by atoms with van der Waals surface area (Å²) in [5, 5.41) is 0. The van der Waals surface area contributed by atoms with Gasteiger partial charge in [0.05, 0.1) is 50.7 Å². The molecule has 0 amide bonds. The molecular formula is C34H30N4O10S. The minimum atomic E-state index is -1.27. The van der Waals surface area contributed by atoms with Crippen LogP contribution in [0, 0.1) is 4.64 Å². The first-order valence-corrected chi connectivity index (χ1v) is 15.3. The van der Waals surface area contributed by atoms with Crippen molar-refractivity contribution in [1.29, 1.82) is 0 Å². The molecule has 2 aromatic heterocycles. The summed E-state index contributed by atoms with van der Waals surface area (Å²) in [4.78, 5) is 51.6. The first-order chi connectivity index (χ1) is 23.8. The molecule has 3 aromatic carbocycles. The Morgan fingerprint density at radius 1 is 0.735 bits per heavy atom. The third kappa shape index (κ3) is 7.07. The van der Waals surface area contributed by atoms with Gasteiger partial charge in [-0.15, -0.1) is 0 Å². The van der Waals surface area contributed by atoms with Gasteiger partial charge in [0.2, 0.25) is 0 Å². The third-order valence-electron chi connectivity index (χ3n) is 7.78. The number of carbonyl (C=O) groups is 3. The number of benzene rings is 3. The lowest BCUT2D eigenvalue weighted by Crippen LogP contribution is -2.41. The Bertz CT molecular complexity index is 2010. The Labute approximate surface area is 284 Å². The quantitative estimate of drug-likeness (QED) is 0.116. The van der Waals surface area contributed by atoms with Gasteiger partial charge in [-0.05, 0) is 72.8 Å². The van der Waals surface area contributed by atoms with E-state index < -0.39 is 42.4 Å². The Morgan fingerprint density at radius 3 is 1.73 bits per heavy atom. The lowest BCUT2D eigenvalue weighted by Gasteiger charge is -2.25. The Balaban J connectivity index is 1.36. The van der Waals surface area contributed by atoms with Crippen molar-refractivity contribution in [3.63, 3.8) is 0 Å².